The van der Waals surface area contributed by atoms with Gasteiger partial charge in [0.15, 0.2) is 5.57 Å². The molecule has 1 aromatic rings. The smallest absolute Gasteiger partial charge is 0.417 e. The molecule has 0 aromatic carbocycles. The third-order valence-corrected chi connectivity index (χ3v) is 4.14. The molecular formula is C17H18F3N3O4. The van der Waals surface area contributed by atoms with E-state index in [1.165, 1.54) is 26.1 Å². The van der Waals surface area contributed by atoms with E-state index < -0.39 is 29.5 Å². The summed E-state index contributed by atoms with van der Waals surface area (Å²) in [4.78, 5) is 31.4. The average molecular weight is 385 g/mol. The summed E-state index contributed by atoms with van der Waals surface area (Å²) in [7, 11) is 0. The van der Waals surface area contributed by atoms with Gasteiger partial charge in [-0.1, -0.05) is 0 Å². The van der Waals surface area contributed by atoms with Crippen molar-refractivity contribution in [1.82, 2.24) is 9.88 Å². The molecule has 2 aliphatic rings. The Kier molecular flexibility index (Phi) is 4.75. The fourth-order valence-corrected chi connectivity index (χ4v) is 2.77. The highest BCUT2D eigenvalue weighted by Gasteiger charge is 2.39. The summed E-state index contributed by atoms with van der Waals surface area (Å²) in [6.45, 7) is 4.78. The minimum absolute atomic E-state index is 0.185. The standard InChI is InChI=1S/C17H18F3N3O4/c1-16(2)26-14(24)12(15(25)27-16)10-22-5-7-23(8-6-22)13-4-3-11(9-21-13)17(18,19)20/h3-4,9-10H,5-8H2,1-2H3. The number of aromatic nitrogens is 1. The first-order valence-electron chi connectivity index (χ1n) is 8.26. The molecule has 27 heavy (non-hydrogen) atoms. The molecule has 1 aromatic heterocycles. The van der Waals surface area contributed by atoms with Crippen molar-refractivity contribution in [2.45, 2.75) is 25.8 Å². The molecule has 3 heterocycles. The van der Waals surface area contributed by atoms with Gasteiger partial charge in [0.1, 0.15) is 5.82 Å². The second-order valence-corrected chi connectivity index (χ2v) is 6.65. The molecule has 2 saturated heterocycles. The molecule has 0 spiro atoms. The number of nitrogens with zero attached hydrogens (tertiary/aromatic N) is 3. The van der Waals surface area contributed by atoms with Crippen LogP contribution in [-0.2, 0) is 25.2 Å². The summed E-state index contributed by atoms with van der Waals surface area (Å²) in [5.74, 6) is -2.35. The fourth-order valence-electron chi connectivity index (χ4n) is 2.77. The van der Waals surface area contributed by atoms with Crippen molar-refractivity contribution < 1.29 is 32.2 Å². The lowest BCUT2D eigenvalue weighted by Gasteiger charge is -2.36. The molecule has 2 fully saturated rings. The third kappa shape index (κ3) is 4.32. The van der Waals surface area contributed by atoms with Crippen LogP contribution in [0.1, 0.15) is 19.4 Å². The molecule has 10 heteroatoms. The van der Waals surface area contributed by atoms with E-state index in [1.54, 1.807) is 4.90 Å². The predicted octanol–water partition coefficient (Wildman–Crippen LogP) is 1.94. The molecular weight excluding hydrogens is 367 g/mol. The summed E-state index contributed by atoms with van der Waals surface area (Å²) in [6.07, 6.45) is -2.22. The van der Waals surface area contributed by atoms with Crippen molar-refractivity contribution in [3.8, 4) is 0 Å². The number of anilines is 1. The van der Waals surface area contributed by atoms with Gasteiger partial charge in [-0.05, 0) is 12.1 Å². The molecule has 0 saturated carbocycles. The van der Waals surface area contributed by atoms with Gasteiger partial charge in [-0.3, -0.25) is 0 Å². The van der Waals surface area contributed by atoms with Crippen LogP contribution in [0.3, 0.4) is 0 Å². The Morgan fingerprint density at radius 2 is 1.67 bits per heavy atom. The minimum atomic E-state index is -4.42. The summed E-state index contributed by atoms with van der Waals surface area (Å²) in [5.41, 5.74) is -0.984. The van der Waals surface area contributed by atoms with Crippen LogP contribution >= 0.6 is 0 Å². The van der Waals surface area contributed by atoms with Gasteiger partial charge in [-0.2, -0.15) is 13.2 Å². The SMILES string of the molecule is CC1(C)OC(=O)C(=CN2CCN(c3ccc(C(F)(F)F)cn3)CC2)C(=O)O1. The van der Waals surface area contributed by atoms with Crippen LogP contribution in [0, 0.1) is 0 Å². The van der Waals surface area contributed by atoms with Crippen molar-refractivity contribution in [2.24, 2.45) is 0 Å². The first-order valence-corrected chi connectivity index (χ1v) is 8.26. The zero-order valence-electron chi connectivity index (χ0n) is 14.7. The van der Waals surface area contributed by atoms with E-state index in [0.717, 1.165) is 12.3 Å². The van der Waals surface area contributed by atoms with Crippen LogP contribution in [0.5, 0.6) is 0 Å². The summed E-state index contributed by atoms with van der Waals surface area (Å²) in [6, 6.07) is 2.32. The highest BCUT2D eigenvalue weighted by Crippen LogP contribution is 2.29. The molecule has 0 radical (unpaired) electrons. The van der Waals surface area contributed by atoms with Gasteiger partial charge < -0.3 is 19.3 Å². The fraction of sp³-hybridized carbons (Fsp3) is 0.471. The number of carbonyl (C=O) groups is 2. The number of halogens is 3. The van der Waals surface area contributed by atoms with Crippen molar-refractivity contribution in [1.29, 1.82) is 0 Å². The van der Waals surface area contributed by atoms with Gasteiger partial charge in [0.2, 0.25) is 0 Å². The van der Waals surface area contributed by atoms with Gasteiger partial charge in [-0.25, -0.2) is 14.6 Å². The molecule has 0 bridgehead atoms. The first kappa shape index (κ1) is 19.0. The number of piperazine rings is 1. The van der Waals surface area contributed by atoms with E-state index in [2.05, 4.69) is 4.98 Å². The number of cyclic esters (lactones) is 2. The summed E-state index contributed by atoms with van der Waals surface area (Å²) < 4.78 is 47.9. The van der Waals surface area contributed by atoms with Crippen LogP contribution in [0.4, 0.5) is 19.0 Å². The first-order chi connectivity index (χ1) is 12.5. The maximum Gasteiger partial charge on any atom is 0.417 e. The highest BCUT2D eigenvalue weighted by molar-refractivity contribution is 6.15. The van der Waals surface area contributed by atoms with Crippen LogP contribution in [0.2, 0.25) is 0 Å². The molecule has 0 N–H and O–H groups in total. The average Bonchev–Trinajstić information content (AvgIpc) is 2.57. The van der Waals surface area contributed by atoms with E-state index in [1.807, 2.05) is 4.90 Å². The summed E-state index contributed by atoms with van der Waals surface area (Å²) in [5, 5.41) is 0. The van der Waals surface area contributed by atoms with E-state index in [-0.39, 0.29) is 5.57 Å². The van der Waals surface area contributed by atoms with Crippen LogP contribution < -0.4 is 4.90 Å². The minimum Gasteiger partial charge on any atom is -0.419 e. The Balaban J connectivity index is 1.62. The maximum absolute atomic E-state index is 12.6. The Morgan fingerprint density at radius 1 is 1.07 bits per heavy atom. The van der Waals surface area contributed by atoms with Crippen molar-refractivity contribution in [3.63, 3.8) is 0 Å². The molecule has 146 valence electrons. The number of esters is 2. The molecule has 0 aliphatic carbocycles. The lowest BCUT2D eigenvalue weighted by molar-refractivity contribution is -0.222. The Bertz CT molecular complexity index is 745. The molecule has 3 rings (SSSR count). The van der Waals surface area contributed by atoms with E-state index in [9.17, 15) is 22.8 Å². The number of alkyl halides is 3. The van der Waals surface area contributed by atoms with Crippen molar-refractivity contribution in [2.75, 3.05) is 31.1 Å². The second kappa shape index (κ2) is 6.75. The van der Waals surface area contributed by atoms with Crippen molar-refractivity contribution in [3.05, 3.63) is 35.7 Å². The van der Waals surface area contributed by atoms with Gasteiger partial charge in [0, 0.05) is 52.4 Å². The monoisotopic (exact) mass is 385 g/mol. The molecule has 0 amide bonds. The molecule has 0 unspecified atom stereocenters. The number of ether oxygens (including phenoxy) is 2. The normalized spacial score (nSPS) is 20.3. The van der Waals surface area contributed by atoms with Gasteiger partial charge in [0.25, 0.3) is 5.79 Å². The zero-order valence-corrected chi connectivity index (χ0v) is 14.7. The second-order valence-electron chi connectivity index (χ2n) is 6.65. The topological polar surface area (TPSA) is 72.0 Å². The Hall–Kier alpha value is -2.78. The third-order valence-electron chi connectivity index (χ3n) is 4.14. The van der Waals surface area contributed by atoms with E-state index in [0.29, 0.717) is 32.0 Å². The van der Waals surface area contributed by atoms with Crippen LogP contribution in [0.25, 0.3) is 0 Å². The zero-order chi connectivity index (χ0) is 19.8. The number of hydrogen-bond donors (Lipinski definition) is 0. The number of hydrogen-bond acceptors (Lipinski definition) is 7. The number of rotatable bonds is 2. The highest BCUT2D eigenvalue weighted by atomic mass is 19.4. The molecule has 0 atom stereocenters. The lowest BCUT2D eigenvalue weighted by atomic mass is 10.2. The van der Waals surface area contributed by atoms with Gasteiger partial charge >= 0.3 is 18.1 Å². The molecule has 7 nitrogen and oxygen atoms in total. The number of carbonyl (C=O) groups excluding carboxylic acids is 2. The van der Waals surface area contributed by atoms with Crippen LogP contribution in [-0.4, -0.2) is 53.8 Å². The van der Waals surface area contributed by atoms with Gasteiger partial charge in [0.05, 0.1) is 5.56 Å². The number of pyridine rings is 1. The maximum atomic E-state index is 12.6. The Labute approximate surface area is 153 Å². The van der Waals surface area contributed by atoms with Crippen molar-refractivity contribution >= 4 is 17.8 Å². The summed E-state index contributed by atoms with van der Waals surface area (Å²) >= 11 is 0. The Morgan fingerprint density at radius 3 is 2.15 bits per heavy atom. The quantitative estimate of drug-likeness (QED) is 0.438. The van der Waals surface area contributed by atoms with Crippen LogP contribution in [0.15, 0.2) is 30.1 Å². The lowest BCUT2D eigenvalue weighted by Crippen LogP contribution is -2.46. The molecule has 2 aliphatic heterocycles. The predicted molar refractivity (Wildman–Crippen MR) is 87.4 cm³/mol. The largest absolute Gasteiger partial charge is 0.419 e. The van der Waals surface area contributed by atoms with Gasteiger partial charge in [-0.15, -0.1) is 0 Å². The van der Waals surface area contributed by atoms with E-state index >= 15 is 0 Å². The van der Waals surface area contributed by atoms with E-state index in [4.69, 9.17) is 9.47 Å².